The minimum atomic E-state index is -1.11. The summed E-state index contributed by atoms with van der Waals surface area (Å²) < 4.78 is 18.2. The zero-order chi connectivity index (χ0) is 9.68. The number of hydrogen-bond acceptors (Lipinski definition) is 1. The second-order valence-electron chi connectivity index (χ2n) is 2.72. The first-order valence-corrected chi connectivity index (χ1v) is 5.16. The Morgan fingerprint density at radius 2 is 2.31 bits per heavy atom. The molecule has 0 radical (unpaired) electrons. The van der Waals surface area contributed by atoms with Gasteiger partial charge in [0.25, 0.3) is 0 Å². The van der Waals surface area contributed by atoms with Crippen LogP contribution in [0.3, 0.4) is 0 Å². The van der Waals surface area contributed by atoms with Gasteiger partial charge < -0.3 is 4.74 Å². The topological polar surface area (TPSA) is 9.23 Å². The molecule has 0 spiro atoms. The summed E-state index contributed by atoms with van der Waals surface area (Å²) in [6.45, 7) is 2.70. The molecule has 0 fully saturated rings. The summed E-state index contributed by atoms with van der Waals surface area (Å²) in [5, 5.41) is -1.11. The van der Waals surface area contributed by atoms with Crippen molar-refractivity contribution in [1.82, 2.24) is 0 Å². The fourth-order valence-corrected chi connectivity index (χ4v) is 1.24. The summed E-state index contributed by atoms with van der Waals surface area (Å²) in [6, 6.07) is 7.04. The molecule has 1 aromatic carbocycles. The van der Waals surface area contributed by atoms with Crippen molar-refractivity contribution in [3.63, 3.8) is 0 Å². The zero-order valence-electron chi connectivity index (χ0n) is 7.47. The Morgan fingerprint density at radius 1 is 1.54 bits per heavy atom. The Balaban J connectivity index is 2.68. The summed E-state index contributed by atoms with van der Waals surface area (Å²) in [4.78, 5) is 0. The lowest BCUT2D eigenvalue weighted by atomic mass is 10.2. The van der Waals surface area contributed by atoms with Gasteiger partial charge in [0.05, 0.1) is 6.61 Å². The third-order valence-electron chi connectivity index (χ3n) is 1.58. The maximum absolute atomic E-state index is 12.8. The number of ether oxygens (including phenoxy) is 1. The minimum absolute atomic E-state index is 0.591. The minimum Gasteiger partial charge on any atom is -0.494 e. The van der Waals surface area contributed by atoms with Crippen LogP contribution in [0.2, 0.25) is 0 Å². The van der Waals surface area contributed by atoms with Crippen molar-refractivity contribution in [1.29, 1.82) is 0 Å². The highest BCUT2D eigenvalue weighted by Gasteiger charge is 2.04. The molecular weight excluding hydrogens is 235 g/mol. The summed E-state index contributed by atoms with van der Waals surface area (Å²) in [5.41, 5.74) is 0.591. The summed E-state index contributed by atoms with van der Waals surface area (Å²) in [7, 11) is 0. The molecule has 0 aliphatic rings. The van der Waals surface area contributed by atoms with Crippen LogP contribution in [0, 0.1) is 0 Å². The molecule has 0 N–H and O–H groups in total. The van der Waals surface area contributed by atoms with Crippen LogP contribution >= 0.6 is 15.9 Å². The first-order valence-electron chi connectivity index (χ1n) is 4.25. The zero-order valence-corrected chi connectivity index (χ0v) is 9.05. The van der Waals surface area contributed by atoms with Crippen molar-refractivity contribution in [2.75, 3.05) is 6.61 Å². The molecule has 1 atom stereocenters. The lowest BCUT2D eigenvalue weighted by Crippen LogP contribution is -1.95. The SMILES string of the molecule is CCCOc1cccc(C(F)Br)c1. The summed E-state index contributed by atoms with van der Waals surface area (Å²) in [6.07, 6.45) is 0.956. The Kier molecular flexibility index (Phi) is 4.22. The van der Waals surface area contributed by atoms with Gasteiger partial charge in [-0.2, -0.15) is 0 Å². The van der Waals surface area contributed by atoms with Crippen molar-refractivity contribution in [3.05, 3.63) is 29.8 Å². The average Bonchev–Trinajstić information content (AvgIpc) is 2.15. The van der Waals surface area contributed by atoms with E-state index in [9.17, 15) is 4.39 Å². The molecule has 1 rings (SSSR count). The van der Waals surface area contributed by atoms with Crippen LogP contribution in [0.4, 0.5) is 4.39 Å². The van der Waals surface area contributed by atoms with Gasteiger partial charge in [0.1, 0.15) is 5.75 Å². The van der Waals surface area contributed by atoms with Crippen LogP contribution in [0.1, 0.15) is 24.0 Å². The van der Waals surface area contributed by atoms with Crippen LogP contribution in [-0.4, -0.2) is 6.61 Å². The van der Waals surface area contributed by atoms with Gasteiger partial charge in [-0.1, -0.05) is 19.1 Å². The second-order valence-corrected chi connectivity index (χ2v) is 3.53. The van der Waals surface area contributed by atoms with Gasteiger partial charge in [-0.25, -0.2) is 4.39 Å². The third kappa shape index (κ3) is 3.35. The standard InChI is InChI=1S/C10H12BrFO/c1-2-6-13-9-5-3-4-8(7-9)10(11)12/h3-5,7,10H,2,6H2,1H3. The van der Waals surface area contributed by atoms with E-state index in [1.54, 1.807) is 18.2 Å². The number of benzene rings is 1. The van der Waals surface area contributed by atoms with Gasteiger partial charge in [0.2, 0.25) is 0 Å². The first kappa shape index (κ1) is 10.5. The number of halogens is 2. The van der Waals surface area contributed by atoms with Gasteiger partial charge in [-0.15, -0.1) is 0 Å². The molecule has 1 unspecified atom stereocenters. The smallest absolute Gasteiger partial charge is 0.180 e. The van der Waals surface area contributed by atoms with Gasteiger partial charge in [0, 0.05) is 5.56 Å². The van der Waals surface area contributed by atoms with Gasteiger partial charge in [0.15, 0.2) is 5.08 Å². The Morgan fingerprint density at radius 3 is 2.92 bits per heavy atom. The first-order chi connectivity index (χ1) is 6.24. The van der Waals surface area contributed by atoms with E-state index >= 15 is 0 Å². The molecule has 3 heteroatoms. The van der Waals surface area contributed by atoms with Crippen molar-refractivity contribution >= 4 is 15.9 Å². The van der Waals surface area contributed by atoms with Crippen molar-refractivity contribution in [2.24, 2.45) is 0 Å². The lowest BCUT2D eigenvalue weighted by molar-refractivity contribution is 0.316. The fourth-order valence-electron chi connectivity index (χ4n) is 0.960. The van der Waals surface area contributed by atoms with Crippen LogP contribution in [0.25, 0.3) is 0 Å². The highest BCUT2D eigenvalue weighted by molar-refractivity contribution is 9.09. The summed E-state index contributed by atoms with van der Waals surface area (Å²) >= 11 is 2.86. The lowest BCUT2D eigenvalue weighted by Gasteiger charge is -2.06. The van der Waals surface area contributed by atoms with E-state index in [0.29, 0.717) is 12.2 Å². The number of alkyl halides is 2. The molecule has 0 aliphatic heterocycles. The largest absolute Gasteiger partial charge is 0.494 e. The second kappa shape index (κ2) is 5.22. The molecule has 0 aliphatic carbocycles. The Labute approximate surface area is 86.0 Å². The van der Waals surface area contributed by atoms with Gasteiger partial charge in [-0.05, 0) is 34.5 Å². The molecule has 72 valence electrons. The molecule has 0 aromatic heterocycles. The molecule has 0 heterocycles. The van der Waals surface area contributed by atoms with Gasteiger partial charge in [-0.3, -0.25) is 0 Å². The quantitative estimate of drug-likeness (QED) is 0.734. The molecule has 0 saturated carbocycles. The van der Waals surface area contributed by atoms with Crippen molar-refractivity contribution in [2.45, 2.75) is 18.4 Å². The molecule has 13 heavy (non-hydrogen) atoms. The molecule has 1 nitrogen and oxygen atoms in total. The predicted molar refractivity (Wildman–Crippen MR) is 55.0 cm³/mol. The highest BCUT2D eigenvalue weighted by atomic mass is 79.9. The average molecular weight is 247 g/mol. The Hall–Kier alpha value is -0.570. The van der Waals surface area contributed by atoms with E-state index in [1.807, 2.05) is 13.0 Å². The molecule has 1 aromatic rings. The normalized spacial score (nSPS) is 12.5. The van der Waals surface area contributed by atoms with E-state index in [-0.39, 0.29) is 0 Å². The molecule has 0 amide bonds. The van der Waals surface area contributed by atoms with Crippen molar-refractivity contribution in [3.8, 4) is 5.75 Å². The summed E-state index contributed by atoms with van der Waals surface area (Å²) in [5.74, 6) is 0.724. The van der Waals surface area contributed by atoms with Crippen LogP contribution in [0.15, 0.2) is 24.3 Å². The maximum Gasteiger partial charge on any atom is 0.180 e. The molecular formula is C10H12BrFO. The van der Waals surface area contributed by atoms with E-state index in [4.69, 9.17) is 4.74 Å². The van der Waals surface area contributed by atoms with Crippen molar-refractivity contribution < 1.29 is 9.13 Å². The van der Waals surface area contributed by atoms with Crippen LogP contribution in [0.5, 0.6) is 5.75 Å². The monoisotopic (exact) mass is 246 g/mol. The molecule has 0 saturated heterocycles. The van der Waals surface area contributed by atoms with E-state index in [1.165, 1.54) is 0 Å². The van der Waals surface area contributed by atoms with E-state index in [0.717, 1.165) is 12.2 Å². The maximum atomic E-state index is 12.8. The predicted octanol–water partition coefficient (Wildman–Crippen LogP) is 3.84. The third-order valence-corrected chi connectivity index (χ3v) is 2.11. The Bertz CT molecular complexity index is 263. The van der Waals surface area contributed by atoms with Crippen LogP contribution < -0.4 is 4.74 Å². The van der Waals surface area contributed by atoms with Crippen LogP contribution in [-0.2, 0) is 0 Å². The highest BCUT2D eigenvalue weighted by Crippen LogP contribution is 2.26. The van der Waals surface area contributed by atoms with E-state index in [2.05, 4.69) is 15.9 Å². The molecule has 0 bridgehead atoms. The van der Waals surface area contributed by atoms with Gasteiger partial charge >= 0.3 is 0 Å². The number of rotatable bonds is 4. The van der Waals surface area contributed by atoms with E-state index < -0.39 is 5.08 Å². The number of hydrogen-bond donors (Lipinski definition) is 0. The fraction of sp³-hybridized carbons (Fsp3) is 0.400.